The molecule has 0 saturated carbocycles. The van der Waals surface area contributed by atoms with Crippen molar-refractivity contribution >= 4 is 17.9 Å². The number of ether oxygens (including phenoxy) is 6. The second kappa shape index (κ2) is 25.3. The van der Waals surface area contributed by atoms with Crippen LogP contribution in [0.2, 0.25) is 0 Å². The molecule has 87 heavy (non-hydrogen) atoms. The number of aliphatic carboxylic acids is 3. The lowest BCUT2D eigenvalue weighted by Crippen LogP contribution is -2.19. The molecule has 12 heteroatoms. The molecule has 6 aromatic rings. The van der Waals surface area contributed by atoms with E-state index in [1.807, 2.05) is 0 Å². The summed E-state index contributed by atoms with van der Waals surface area (Å²) in [6, 6.07) is 25.9. The van der Waals surface area contributed by atoms with Gasteiger partial charge in [-0.25, -0.2) is 14.4 Å². The minimum Gasteiger partial charge on any atom is -0.496 e. The van der Waals surface area contributed by atoms with Gasteiger partial charge >= 0.3 is 17.9 Å². The third kappa shape index (κ3) is 16.0. The molecule has 7 rings (SSSR count). The first-order valence-corrected chi connectivity index (χ1v) is 30.3. The summed E-state index contributed by atoms with van der Waals surface area (Å²) in [6.45, 7) is 37.1. The zero-order valence-corrected chi connectivity index (χ0v) is 55.8. The summed E-state index contributed by atoms with van der Waals surface area (Å²) in [6.07, 6.45) is 1.77. The van der Waals surface area contributed by atoms with Crippen LogP contribution in [0.5, 0.6) is 34.5 Å². The van der Waals surface area contributed by atoms with E-state index in [2.05, 4.69) is 197 Å². The topological polar surface area (TPSA) is 167 Å². The van der Waals surface area contributed by atoms with Gasteiger partial charge in [0.25, 0.3) is 0 Å². The lowest BCUT2D eigenvalue weighted by atomic mass is 9.79. The second-order valence-electron chi connectivity index (χ2n) is 30.0. The summed E-state index contributed by atoms with van der Waals surface area (Å²) in [7, 11) is 5.13. The number of carbonyl (C=O) groups is 3. The van der Waals surface area contributed by atoms with E-state index in [4.69, 9.17) is 28.4 Å². The van der Waals surface area contributed by atoms with Crippen LogP contribution in [0.25, 0.3) is 0 Å². The van der Waals surface area contributed by atoms with Crippen molar-refractivity contribution in [3.8, 4) is 34.5 Å². The molecule has 0 amide bonds. The molecule has 1 aliphatic rings. The van der Waals surface area contributed by atoms with Crippen LogP contribution >= 0.6 is 0 Å². The van der Waals surface area contributed by atoms with Gasteiger partial charge in [-0.05, 0) is 133 Å². The van der Waals surface area contributed by atoms with Crippen LogP contribution in [0.15, 0.2) is 72.8 Å². The molecule has 0 radical (unpaired) electrons. The van der Waals surface area contributed by atoms with Crippen LogP contribution in [-0.4, -0.2) is 74.4 Å². The maximum absolute atomic E-state index is 12.7. The number of carboxylic acid groups (broad SMARTS) is 3. The summed E-state index contributed by atoms with van der Waals surface area (Å²) in [5.41, 5.74) is 13.8. The van der Waals surface area contributed by atoms with Crippen molar-refractivity contribution in [1.29, 1.82) is 0 Å². The number of hydrogen-bond donors (Lipinski definition) is 3. The molecular formula is C75H96O12. The van der Waals surface area contributed by atoms with Crippen molar-refractivity contribution in [2.75, 3.05) is 41.2 Å². The van der Waals surface area contributed by atoms with Crippen LogP contribution in [0.3, 0.4) is 0 Å². The van der Waals surface area contributed by atoms with Crippen LogP contribution in [0.1, 0.15) is 225 Å². The van der Waals surface area contributed by atoms with Crippen molar-refractivity contribution in [3.05, 3.63) is 173 Å². The van der Waals surface area contributed by atoms with Crippen LogP contribution < -0.4 is 28.4 Å². The van der Waals surface area contributed by atoms with Gasteiger partial charge in [0, 0.05) is 38.5 Å². The largest absolute Gasteiger partial charge is 0.496 e. The summed E-state index contributed by atoms with van der Waals surface area (Å²) in [5, 5.41) is 31.1. The Labute approximate surface area is 517 Å². The average molecular weight is 1190 g/mol. The first kappa shape index (κ1) is 67.0. The predicted molar refractivity (Wildman–Crippen MR) is 347 cm³/mol. The molecule has 0 saturated heterocycles. The fourth-order valence-corrected chi connectivity index (χ4v) is 11.7. The molecule has 0 fully saturated rings. The van der Waals surface area contributed by atoms with Crippen molar-refractivity contribution in [3.63, 3.8) is 0 Å². The number of methoxy groups -OCH3 is 3. The van der Waals surface area contributed by atoms with Gasteiger partial charge in [0.1, 0.15) is 34.5 Å². The first-order valence-electron chi connectivity index (χ1n) is 30.3. The van der Waals surface area contributed by atoms with Crippen molar-refractivity contribution < 1.29 is 58.1 Å². The van der Waals surface area contributed by atoms with E-state index in [1.54, 1.807) is 21.3 Å². The third-order valence-corrected chi connectivity index (χ3v) is 16.6. The predicted octanol–water partition coefficient (Wildman–Crippen LogP) is 15.7. The molecule has 12 nitrogen and oxygen atoms in total. The highest BCUT2D eigenvalue weighted by Gasteiger charge is 2.32. The van der Waals surface area contributed by atoms with Gasteiger partial charge in [-0.2, -0.15) is 0 Å². The first-order chi connectivity index (χ1) is 40.2. The molecule has 12 bridgehead atoms. The van der Waals surface area contributed by atoms with Crippen LogP contribution in [0.4, 0.5) is 0 Å². The molecule has 0 atom stereocenters. The minimum atomic E-state index is -1.17. The zero-order valence-electron chi connectivity index (χ0n) is 55.8. The van der Waals surface area contributed by atoms with Gasteiger partial charge in [0.05, 0.1) is 21.3 Å². The molecule has 0 aromatic heterocycles. The zero-order chi connectivity index (χ0) is 64.7. The van der Waals surface area contributed by atoms with E-state index < -0.39 is 54.0 Å². The molecule has 0 aliphatic heterocycles. The third-order valence-electron chi connectivity index (χ3n) is 16.6. The molecule has 1 aliphatic carbocycles. The fourth-order valence-electron chi connectivity index (χ4n) is 11.7. The van der Waals surface area contributed by atoms with Gasteiger partial charge in [0.2, 0.25) is 0 Å². The lowest BCUT2D eigenvalue weighted by Gasteiger charge is -2.29. The number of fused-ring (bicyclic) bond motifs is 12. The van der Waals surface area contributed by atoms with Gasteiger partial charge < -0.3 is 43.7 Å². The molecule has 6 aromatic carbocycles. The lowest BCUT2D eigenvalue weighted by molar-refractivity contribution is -0.140. The number of rotatable bonds is 12. The molecule has 0 heterocycles. The van der Waals surface area contributed by atoms with E-state index >= 15 is 0 Å². The highest BCUT2D eigenvalue weighted by atomic mass is 16.5. The Hall–Kier alpha value is -7.47. The summed E-state index contributed by atoms with van der Waals surface area (Å²) >= 11 is 0. The standard InChI is InChI=1S/C75H96O12/c1-70(2,3)55-28-43-22-45-30-56(71(4,5)6)32-47(65(45)83-20)24-49-34-58(73(10,11)12)36-51(67(49)85-40-61(76)77)26-53-38-60(75(16,17)18)39-54(69(53)87-42-63(80)81)27-52-37-59(74(13,14)15)35-50(68(52)86-41-62(78)79)25-48-33-57(72(7,8)9)31-46(66(48)84-21)23-44(29-55)64(43)82-19/h28-39H,22-27,40-42H2,1-21H3,(H,76,77)(H,78,79)(H,80,81). The Morgan fingerprint density at radius 1 is 0.276 bits per heavy atom. The Bertz CT molecular complexity index is 3370. The van der Waals surface area contributed by atoms with Gasteiger partial charge in [-0.1, -0.05) is 197 Å². The maximum Gasteiger partial charge on any atom is 0.341 e. The van der Waals surface area contributed by atoms with E-state index in [9.17, 15) is 29.7 Å². The molecule has 0 spiro atoms. The molecule has 3 N–H and O–H groups in total. The van der Waals surface area contributed by atoms with E-state index in [1.165, 1.54) is 0 Å². The quantitative estimate of drug-likeness (QED) is 0.106. The van der Waals surface area contributed by atoms with Gasteiger partial charge in [-0.3, -0.25) is 0 Å². The summed E-state index contributed by atoms with van der Waals surface area (Å²) in [4.78, 5) is 38.1. The van der Waals surface area contributed by atoms with Crippen molar-refractivity contribution in [1.82, 2.24) is 0 Å². The van der Waals surface area contributed by atoms with Gasteiger partial charge in [0.15, 0.2) is 19.8 Å². The Balaban J connectivity index is 1.72. The van der Waals surface area contributed by atoms with Crippen LogP contribution in [0, 0.1) is 0 Å². The summed E-state index contributed by atoms with van der Waals surface area (Å²) in [5.74, 6) is -0.227. The monoisotopic (exact) mass is 1190 g/mol. The van der Waals surface area contributed by atoms with E-state index in [0.717, 1.165) is 83.6 Å². The van der Waals surface area contributed by atoms with Gasteiger partial charge in [-0.15, -0.1) is 0 Å². The molecular weight excluding hydrogens is 1090 g/mol. The number of carboxylic acids is 3. The molecule has 468 valence electrons. The normalized spacial score (nSPS) is 13.5. The van der Waals surface area contributed by atoms with E-state index in [0.29, 0.717) is 76.7 Å². The Morgan fingerprint density at radius 2 is 0.402 bits per heavy atom. The Morgan fingerprint density at radius 3 is 0.506 bits per heavy atom. The summed E-state index contributed by atoms with van der Waals surface area (Å²) < 4.78 is 39.4. The Kier molecular flexibility index (Phi) is 19.5. The average Bonchev–Trinajstić information content (AvgIpc) is 1.34. The SMILES string of the molecule is COc1c2cc(C(C)(C)C)cc1Cc1cc(C(C)(C)C)cc(c1OC)Cc1cc(C(C)(C)C)cc(c1OCC(=O)O)Cc1cc(C(C)(C)C)cc(c1OCC(=O)O)Cc1cc(C(C)(C)C)cc(c1OCC(=O)O)Cc1cc(C(C)(C)C)cc(c1OC)C2. The second-order valence-corrected chi connectivity index (χ2v) is 30.0. The highest BCUT2D eigenvalue weighted by molar-refractivity contribution is 5.71. The minimum absolute atomic E-state index is 0.149. The van der Waals surface area contributed by atoms with E-state index in [-0.39, 0.29) is 29.1 Å². The smallest absolute Gasteiger partial charge is 0.341 e. The highest BCUT2D eigenvalue weighted by Crippen LogP contribution is 2.46. The number of benzene rings is 6. The van der Waals surface area contributed by atoms with Crippen molar-refractivity contribution in [2.24, 2.45) is 0 Å². The van der Waals surface area contributed by atoms with Crippen LogP contribution in [-0.2, 0) is 85.4 Å². The maximum atomic E-state index is 12.7. The fraction of sp³-hybridized carbons (Fsp3) is 0.480. The number of hydrogen-bond acceptors (Lipinski definition) is 9. The van der Waals surface area contributed by atoms with Crippen molar-refractivity contribution in [2.45, 2.75) is 196 Å². The molecule has 0 unspecified atom stereocenters.